The fourth-order valence-electron chi connectivity index (χ4n) is 3.20. The molecule has 2 aliphatic rings. The Hall–Kier alpha value is -0.120. The molecule has 0 aromatic rings. The Bertz CT molecular complexity index is 217. The van der Waals surface area contributed by atoms with Crippen molar-refractivity contribution < 1.29 is 4.74 Å². The quantitative estimate of drug-likeness (QED) is 0.754. The van der Waals surface area contributed by atoms with Gasteiger partial charge in [0, 0.05) is 13.2 Å². The van der Waals surface area contributed by atoms with E-state index in [0.717, 1.165) is 18.9 Å². The predicted molar refractivity (Wildman–Crippen MR) is 75.9 cm³/mol. The molecule has 0 aliphatic carbocycles. The molecule has 0 aromatic carbocycles. The predicted octanol–water partition coefficient (Wildman–Crippen LogP) is 2.27. The number of ether oxygens (including phenoxy) is 1. The summed E-state index contributed by atoms with van der Waals surface area (Å²) in [6.07, 6.45) is 8.40. The first-order valence-corrected chi connectivity index (χ1v) is 7.93. The summed E-state index contributed by atoms with van der Waals surface area (Å²) < 4.78 is 5.89. The van der Waals surface area contributed by atoms with Crippen LogP contribution in [0.25, 0.3) is 0 Å². The van der Waals surface area contributed by atoms with Crippen molar-refractivity contribution in [3.05, 3.63) is 0 Å². The summed E-state index contributed by atoms with van der Waals surface area (Å²) in [6.45, 7) is 9.35. The van der Waals surface area contributed by atoms with Crippen molar-refractivity contribution in [3.63, 3.8) is 0 Å². The molecule has 2 rings (SSSR count). The molecular formula is C15H30N2O. The van der Waals surface area contributed by atoms with Gasteiger partial charge in [0.1, 0.15) is 0 Å². The molecule has 3 nitrogen and oxygen atoms in total. The van der Waals surface area contributed by atoms with Gasteiger partial charge in [0.15, 0.2) is 0 Å². The number of piperidine rings is 1. The van der Waals surface area contributed by atoms with E-state index < -0.39 is 0 Å². The Kier molecular flexibility index (Phi) is 6.46. The molecule has 2 fully saturated rings. The zero-order valence-electron chi connectivity index (χ0n) is 12.0. The Morgan fingerprint density at radius 2 is 2.28 bits per heavy atom. The van der Waals surface area contributed by atoms with Gasteiger partial charge in [-0.15, -0.1) is 0 Å². The van der Waals surface area contributed by atoms with Crippen molar-refractivity contribution in [2.75, 3.05) is 39.3 Å². The first-order chi connectivity index (χ1) is 8.88. The highest BCUT2D eigenvalue weighted by atomic mass is 16.5. The van der Waals surface area contributed by atoms with Crippen molar-refractivity contribution in [1.82, 2.24) is 10.2 Å². The van der Waals surface area contributed by atoms with Gasteiger partial charge in [-0.3, -0.25) is 0 Å². The van der Waals surface area contributed by atoms with Gasteiger partial charge in [0.2, 0.25) is 0 Å². The lowest BCUT2D eigenvalue weighted by molar-refractivity contribution is -0.000537. The lowest BCUT2D eigenvalue weighted by atomic mass is 10.0. The standard InChI is InChI=1S/C15H30N2O/c1-2-11-18-15-6-4-10-17(13-15)9-3-5-14-7-8-16-12-14/h14-16H,2-13H2,1H3. The molecule has 1 N–H and O–H groups in total. The highest BCUT2D eigenvalue weighted by Gasteiger charge is 2.20. The third kappa shape index (κ3) is 4.87. The van der Waals surface area contributed by atoms with Crippen molar-refractivity contribution in [2.45, 2.75) is 51.6 Å². The van der Waals surface area contributed by atoms with Gasteiger partial charge >= 0.3 is 0 Å². The maximum absolute atomic E-state index is 5.89. The van der Waals surface area contributed by atoms with Gasteiger partial charge in [-0.2, -0.15) is 0 Å². The number of hydrogen-bond donors (Lipinski definition) is 1. The largest absolute Gasteiger partial charge is 0.377 e. The van der Waals surface area contributed by atoms with Crippen LogP contribution in [0.2, 0.25) is 0 Å². The molecule has 0 saturated carbocycles. The molecule has 0 aromatic heterocycles. The van der Waals surface area contributed by atoms with Crippen LogP contribution >= 0.6 is 0 Å². The minimum absolute atomic E-state index is 0.506. The van der Waals surface area contributed by atoms with E-state index in [4.69, 9.17) is 4.74 Å². The second-order valence-corrected chi connectivity index (χ2v) is 5.94. The Morgan fingerprint density at radius 1 is 1.33 bits per heavy atom. The molecule has 0 spiro atoms. The SMILES string of the molecule is CCCOC1CCCN(CCCC2CCNC2)C1. The minimum Gasteiger partial charge on any atom is -0.377 e. The molecule has 2 saturated heterocycles. The van der Waals surface area contributed by atoms with Crippen LogP contribution in [0.1, 0.15) is 45.4 Å². The zero-order chi connectivity index (χ0) is 12.6. The highest BCUT2D eigenvalue weighted by Crippen LogP contribution is 2.17. The summed E-state index contributed by atoms with van der Waals surface area (Å²) in [5, 5.41) is 3.46. The summed E-state index contributed by atoms with van der Waals surface area (Å²) >= 11 is 0. The third-order valence-corrected chi connectivity index (χ3v) is 4.27. The van der Waals surface area contributed by atoms with Crippen LogP contribution in [0.3, 0.4) is 0 Å². The molecule has 3 heteroatoms. The fourth-order valence-corrected chi connectivity index (χ4v) is 3.20. The maximum Gasteiger partial charge on any atom is 0.0702 e. The van der Waals surface area contributed by atoms with E-state index in [-0.39, 0.29) is 0 Å². The molecule has 2 atom stereocenters. The van der Waals surface area contributed by atoms with Crippen LogP contribution in [-0.4, -0.2) is 50.3 Å². The number of hydrogen-bond acceptors (Lipinski definition) is 3. The smallest absolute Gasteiger partial charge is 0.0702 e. The molecule has 2 heterocycles. The highest BCUT2D eigenvalue weighted by molar-refractivity contribution is 4.75. The lowest BCUT2D eigenvalue weighted by Crippen LogP contribution is -2.40. The molecular weight excluding hydrogens is 224 g/mol. The van der Waals surface area contributed by atoms with E-state index in [9.17, 15) is 0 Å². The van der Waals surface area contributed by atoms with Crippen molar-refractivity contribution in [1.29, 1.82) is 0 Å². The topological polar surface area (TPSA) is 24.5 Å². The van der Waals surface area contributed by atoms with Gasteiger partial charge in [0.05, 0.1) is 6.10 Å². The van der Waals surface area contributed by atoms with Crippen molar-refractivity contribution >= 4 is 0 Å². The van der Waals surface area contributed by atoms with Gasteiger partial charge < -0.3 is 15.0 Å². The van der Waals surface area contributed by atoms with Crippen LogP contribution in [-0.2, 0) is 4.74 Å². The fraction of sp³-hybridized carbons (Fsp3) is 1.00. The minimum atomic E-state index is 0.506. The van der Waals surface area contributed by atoms with E-state index in [1.807, 2.05) is 0 Å². The second-order valence-electron chi connectivity index (χ2n) is 5.94. The third-order valence-electron chi connectivity index (χ3n) is 4.27. The van der Waals surface area contributed by atoms with E-state index in [1.54, 1.807) is 0 Å². The maximum atomic E-state index is 5.89. The normalized spacial score (nSPS) is 29.8. The average Bonchev–Trinajstić information content (AvgIpc) is 2.90. The van der Waals surface area contributed by atoms with Crippen LogP contribution in [0.15, 0.2) is 0 Å². The summed E-state index contributed by atoms with van der Waals surface area (Å²) in [7, 11) is 0. The number of rotatable bonds is 7. The van der Waals surface area contributed by atoms with Crippen molar-refractivity contribution in [3.8, 4) is 0 Å². The first kappa shape index (κ1) is 14.3. The molecule has 0 bridgehead atoms. The van der Waals surface area contributed by atoms with Crippen LogP contribution in [0, 0.1) is 5.92 Å². The van der Waals surface area contributed by atoms with E-state index in [0.29, 0.717) is 6.10 Å². The Labute approximate surface area is 112 Å². The second kappa shape index (κ2) is 8.13. The van der Waals surface area contributed by atoms with Gasteiger partial charge in [-0.05, 0) is 70.6 Å². The van der Waals surface area contributed by atoms with Gasteiger partial charge in [-0.25, -0.2) is 0 Å². The Balaban J connectivity index is 1.57. The number of nitrogens with zero attached hydrogens (tertiary/aromatic N) is 1. The molecule has 0 radical (unpaired) electrons. The number of nitrogens with one attached hydrogen (secondary N) is 1. The molecule has 2 aliphatic heterocycles. The summed E-state index contributed by atoms with van der Waals surface area (Å²) in [5.41, 5.74) is 0. The molecule has 106 valence electrons. The summed E-state index contributed by atoms with van der Waals surface area (Å²) in [5.74, 6) is 0.946. The molecule has 2 unspecified atom stereocenters. The van der Waals surface area contributed by atoms with Crippen LogP contribution in [0.4, 0.5) is 0 Å². The number of likely N-dealkylation sites (tertiary alicyclic amines) is 1. The summed E-state index contributed by atoms with van der Waals surface area (Å²) in [6, 6.07) is 0. The van der Waals surface area contributed by atoms with Gasteiger partial charge in [-0.1, -0.05) is 6.92 Å². The first-order valence-electron chi connectivity index (χ1n) is 7.93. The van der Waals surface area contributed by atoms with E-state index in [2.05, 4.69) is 17.1 Å². The van der Waals surface area contributed by atoms with Gasteiger partial charge in [0.25, 0.3) is 0 Å². The van der Waals surface area contributed by atoms with Crippen LogP contribution in [0.5, 0.6) is 0 Å². The molecule has 18 heavy (non-hydrogen) atoms. The summed E-state index contributed by atoms with van der Waals surface area (Å²) in [4.78, 5) is 2.62. The van der Waals surface area contributed by atoms with Crippen molar-refractivity contribution in [2.24, 2.45) is 5.92 Å². The Morgan fingerprint density at radius 3 is 3.06 bits per heavy atom. The van der Waals surface area contributed by atoms with E-state index >= 15 is 0 Å². The molecule has 0 amide bonds. The average molecular weight is 254 g/mol. The monoisotopic (exact) mass is 254 g/mol. The van der Waals surface area contributed by atoms with Crippen LogP contribution < -0.4 is 5.32 Å². The van der Waals surface area contributed by atoms with E-state index in [1.165, 1.54) is 64.8 Å². The zero-order valence-corrected chi connectivity index (χ0v) is 12.0. The lowest BCUT2D eigenvalue weighted by Gasteiger charge is -2.32.